The molecule has 2 aromatic rings. The van der Waals surface area contributed by atoms with Gasteiger partial charge in [-0.3, -0.25) is 9.59 Å². The SMILES string of the molecule is COc1cc2c(cc1OC)C(CC(=O)Nc1ccccc1)C(=O)NN=C2C. The summed E-state index contributed by atoms with van der Waals surface area (Å²) in [5.41, 5.74) is 5.24. The van der Waals surface area contributed by atoms with Crippen LogP contribution in [0.3, 0.4) is 0 Å². The van der Waals surface area contributed by atoms with Crippen LogP contribution >= 0.6 is 0 Å². The van der Waals surface area contributed by atoms with Crippen LogP contribution in [0.25, 0.3) is 0 Å². The third-order valence-electron chi connectivity index (χ3n) is 4.42. The Morgan fingerprint density at radius 2 is 1.81 bits per heavy atom. The predicted molar refractivity (Wildman–Crippen MR) is 102 cm³/mol. The lowest BCUT2D eigenvalue weighted by molar-refractivity contribution is -0.125. The zero-order valence-electron chi connectivity index (χ0n) is 15.4. The van der Waals surface area contributed by atoms with E-state index in [1.54, 1.807) is 38.3 Å². The highest BCUT2D eigenvalue weighted by Crippen LogP contribution is 2.36. The summed E-state index contributed by atoms with van der Waals surface area (Å²) in [5, 5.41) is 6.92. The first kappa shape index (κ1) is 18.4. The van der Waals surface area contributed by atoms with Crippen molar-refractivity contribution in [3.8, 4) is 11.5 Å². The maximum atomic E-state index is 12.6. The van der Waals surface area contributed by atoms with Gasteiger partial charge in [-0.25, -0.2) is 5.43 Å². The molecule has 27 heavy (non-hydrogen) atoms. The molecule has 0 aliphatic carbocycles. The van der Waals surface area contributed by atoms with Gasteiger partial charge in [0, 0.05) is 17.7 Å². The molecule has 2 N–H and O–H groups in total. The second-order valence-corrected chi connectivity index (χ2v) is 6.14. The fourth-order valence-corrected chi connectivity index (χ4v) is 3.04. The molecule has 1 aliphatic heterocycles. The van der Waals surface area contributed by atoms with E-state index in [1.165, 1.54) is 7.11 Å². The Labute approximate surface area is 157 Å². The van der Waals surface area contributed by atoms with Crippen LogP contribution < -0.4 is 20.2 Å². The van der Waals surface area contributed by atoms with Crippen LogP contribution in [0.15, 0.2) is 47.6 Å². The van der Waals surface area contributed by atoms with Gasteiger partial charge in [0.15, 0.2) is 11.5 Å². The minimum absolute atomic E-state index is 0.0218. The Morgan fingerprint density at radius 3 is 2.48 bits per heavy atom. The van der Waals surface area contributed by atoms with Crippen LogP contribution in [0.2, 0.25) is 0 Å². The fraction of sp³-hybridized carbons (Fsp3) is 0.250. The summed E-state index contributed by atoms with van der Waals surface area (Å²) < 4.78 is 10.7. The molecule has 0 spiro atoms. The normalized spacial score (nSPS) is 15.7. The molecule has 0 fully saturated rings. The maximum Gasteiger partial charge on any atom is 0.248 e. The Hall–Kier alpha value is -3.35. The predicted octanol–water partition coefficient (Wildman–Crippen LogP) is 2.67. The van der Waals surface area contributed by atoms with Crippen molar-refractivity contribution in [1.82, 2.24) is 5.43 Å². The average Bonchev–Trinajstić information content (AvgIpc) is 2.79. The van der Waals surface area contributed by atoms with Crippen molar-refractivity contribution in [1.29, 1.82) is 0 Å². The first-order valence-electron chi connectivity index (χ1n) is 8.48. The van der Waals surface area contributed by atoms with Gasteiger partial charge in [0.1, 0.15) is 0 Å². The number of benzene rings is 2. The molecule has 7 nitrogen and oxygen atoms in total. The minimum atomic E-state index is -0.704. The molecule has 0 radical (unpaired) electrons. The molecule has 1 unspecified atom stereocenters. The van der Waals surface area contributed by atoms with Crippen molar-refractivity contribution in [3.63, 3.8) is 0 Å². The lowest BCUT2D eigenvalue weighted by atomic mass is 9.89. The number of hydrogen-bond acceptors (Lipinski definition) is 5. The molecule has 1 aliphatic rings. The third kappa shape index (κ3) is 3.92. The monoisotopic (exact) mass is 367 g/mol. The Morgan fingerprint density at radius 1 is 1.15 bits per heavy atom. The number of fused-ring (bicyclic) bond motifs is 1. The van der Waals surface area contributed by atoms with Crippen molar-refractivity contribution < 1.29 is 19.1 Å². The highest BCUT2D eigenvalue weighted by Gasteiger charge is 2.30. The Balaban J connectivity index is 1.94. The number of amides is 2. The topological polar surface area (TPSA) is 89.0 Å². The molecule has 0 saturated heterocycles. The van der Waals surface area contributed by atoms with Gasteiger partial charge in [0.2, 0.25) is 11.8 Å². The zero-order chi connectivity index (χ0) is 19.4. The number of nitrogens with zero attached hydrogens (tertiary/aromatic N) is 1. The lowest BCUT2D eigenvalue weighted by Gasteiger charge is -2.18. The van der Waals surface area contributed by atoms with Crippen molar-refractivity contribution in [3.05, 3.63) is 53.6 Å². The van der Waals surface area contributed by atoms with Gasteiger partial charge < -0.3 is 14.8 Å². The fourth-order valence-electron chi connectivity index (χ4n) is 3.04. The molecule has 0 aromatic heterocycles. The number of para-hydroxylation sites is 1. The number of nitrogens with one attached hydrogen (secondary N) is 2. The van der Waals surface area contributed by atoms with Gasteiger partial charge in [-0.1, -0.05) is 18.2 Å². The number of ether oxygens (including phenoxy) is 2. The quantitative estimate of drug-likeness (QED) is 0.850. The molecular weight excluding hydrogens is 346 g/mol. The Bertz CT molecular complexity index is 894. The van der Waals surface area contributed by atoms with E-state index >= 15 is 0 Å². The standard InChI is InChI=1S/C20H21N3O4/c1-12-14-9-17(26-2)18(27-3)10-15(14)16(20(25)23-22-12)11-19(24)21-13-7-5-4-6-8-13/h4-10,16H,11H2,1-3H3,(H,21,24)(H,23,25). The van der Waals surface area contributed by atoms with Gasteiger partial charge in [-0.15, -0.1) is 0 Å². The summed E-state index contributed by atoms with van der Waals surface area (Å²) in [6, 6.07) is 12.6. The van der Waals surface area contributed by atoms with E-state index in [2.05, 4.69) is 15.8 Å². The van der Waals surface area contributed by atoms with Crippen LogP contribution in [-0.2, 0) is 9.59 Å². The number of rotatable bonds is 5. The van der Waals surface area contributed by atoms with E-state index < -0.39 is 5.92 Å². The van der Waals surface area contributed by atoms with E-state index in [0.717, 1.165) is 5.56 Å². The first-order chi connectivity index (χ1) is 13.0. The van der Waals surface area contributed by atoms with Crippen molar-refractivity contribution in [2.24, 2.45) is 5.10 Å². The van der Waals surface area contributed by atoms with Crippen molar-refractivity contribution in [2.75, 3.05) is 19.5 Å². The second kappa shape index (κ2) is 7.90. The number of hydrazone groups is 1. The summed E-state index contributed by atoms with van der Waals surface area (Å²) in [6.07, 6.45) is -0.0218. The van der Waals surface area contributed by atoms with Crippen molar-refractivity contribution in [2.45, 2.75) is 19.3 Å². The molecule has 1 atom stereocenters. The molecule has 140 valence electrons. The summed E-state index contributed by atoms with van der Waals surface area (Å²) in [5.74, 6) is -0.283. The van der Waals surface area contributed by atoms with Crippen LogP contribution in [0.4, 0.5) is 5.69 Å². The minimum Gasteiger partial charge on any atom is -0.493 e. The number of methoxy groups -OCH3 is 2. The summed E-state index contributed by atoms with van der Waals surface area (Å²) in [4.78, 5) is 25.1. The van der Waals surface area contributed by atoms with Gasteiger partial charge >= 0.3 is 0 Å². The maximum absolute atomic E-state index is 12.6. The van der Waals surface area contributed by atoms with Gasteiger partial charge in [-0.05, 0) is 36.8 Å². The van der Waals surface area contributed by atoms with E-state index in [9.17, 15) is 9.59 Å². The number of carbonyl (C=O) groups excluding carboxylic acids is 2. The lowest BCUT2D eigenvalue weighted by Crippen LogP contribution is -2.28. The molecule has 0 bridgehead atoms. The summed E-state index contributed by atoms with van der Waals surface area (Å²) in [7, 11) is 3.07. The molecule has 2 amide bonds. The summed E-state index contributed by atoms with van der Waals surface area (Å²) >= 11 is 0. The summed E-state index contributed by atoms with van der Waals surface area (Å²) in [6.45, 7) is 1.79. The zero-order valence-corrected chi connectivity index (χ0v) is 15.4. The molecule has 2 aromatic carbocycles. The van der Waals surface area contributed by atoms with Crippen LogP contribution in [0, 0.1) is 0 Å². The second-order valence-electron chi connectivity index (χ2n) is 6.14. The van der Waals surface area contributed by atoms with Crippen LogP contribution in [0.5, 0.6) is 11.5 Å². The van der Waals surface area contributed by atoms with Crippen LogP contribution in [-0.4, -0.2) is 31.7 Å². The van der Waals surface area contributed by atoms with Crippen molar-refractivity contribution >= 4 is 23.2 Å². The number of anilines is 1. The van der Waals surface area contributed by atoms with E-state index in [1.807, 2.05) is 18.2 Å². The number of carbonyl (C=O) groups is 2. The smallest absolute Gasteiger partial charge is 0.248 e. The third-order valence-corrected chi connectivity index (χ3v) is 4.42. The highest BCUT2D eigenvalue weighted by atomic mass is 16.5. The largest absolute Gasteiger partial charge is 0.493 e. The van der Waals surface area contributed by atoms with E-state index in [0.29, 0.717) is 28.5 Å². The molecule has 3 rings (SSSR count). The molecule has 7 heteroatoms. The molecule has 0 saturated carbocycles. The Kier molecular flexibility index (Phi) is 5.40. The molecule has 1 heterocycles. The average molecular weight is 367 g/mol. The van der Waals surface area contributed by atoms with Gasteiger partial charge in [-0.2, -0.15) is 5.10 Å². The van der Waals surface area contributed by atoms with Crippen LogP contribution in [0.1, 0.15) is 30.4 Å². The van der Waals surface area contributed by atoms with Gasteiger partial charge in [0.05, 0.1) is 25.8 Å². The van der Waals surface area contributed by atoms with E-state index in [4.69, 9.17) is 9.47 Å². The van der Waals surface area contributed by atoms with Gasteiger partial charge in [0.25, 0.3) is 0 Å². The first-order valence-corrected chi connectivity index (χ1v) is 8.48. The van der Waals surface area contributed by atoms with E-state index in [-0.39, 0.29) is 18.2 Å². The number of hydrogen-bond donors (Lipinski definition) is 2. The highest BCUT2D eigenvalue weighted by molar-refractivity contribution is 6.06. The molecular formula is C20H21N3O4.